The van der Waals surface area contributed by atoms with Crippen LogP contribution >= 0.6 is 23.8 Å². The molecule has 0 aliphatic rings. The minimum atomic E-state index is -0.501. The van der Waals surface area contributed by atoms with Gasteiger partial charge in [-0.2, -0.15) is 0 Å². The Labute approximate surface area is 153 Å². The zero-order chi connectivity index (χ0) is 18.2. The molecule has 8 heteroatoms. The van der Waals surface area contributed by atoms with E-state index in [-0.39, 0.29) is 10.9 Å². The Kier molecular flexibility index (Phi) is 6.62. The number of carbonyl (C=O) groups is 2. The van der Waals surface area contributed by atoms with E-state index in [1.165, 1.54) is 42.5 Å². The van der Waals surface area contributed by atoms with Crippen molar-refractivity contribution in [3.8, 4) is 0 Å². The maximum atomic E-state index is 12.8. The van der Waals surface area contributed by atoms with Gasteiger partial charge in [0.15, 0.2) is 5.11 Å². The summed E-state index contributed by atoms with van der Waals surface area (Å²) in [5, 5.41) is 2.71. The fourth-order valence-electron chi connectivity index (χ4n) is 1.75. The van der Waals surface area contributed by atoms with Gasteiger partial charge in [-0.1, -0.05) is 29.8 Å². The molecule has 0 saturated carbocycles. The largest absolute Gasteiger partial charge is 0.298 e. The van der Waals surface area contributed by atoms with Crippen LogP contribution in [0.1, 0.15) is 15.9 Å². The molecule has 2 rings (SSSR count). The number of hydrogen-bond donors (Lipinski definition) is 3. The second kappa shape index (κ2) is 8.91. The summed E-state index contributed by atoms with van der Waals surface area (Å²) in [4.78, 5) is 23.6. The van der Waals surface area contributed by atoms with Crippen LogP contribution in [0, 0.1) is 5.82 Å². The number of hydrogen-bond acceptors (Lipinski definition) is 3. The maximum Gasteiger partial charge on any atom is 0.269 e. The van der Waals surface area contributed by atoms with Gasteiger partial charge < -0.3 is 0 Å². The van der Waals surface area contributed by atoms with Crippen LogP contribution < -0.4 is 16.2 Å². The molecule has 2 amide bonds. The minimum Gasteiger partial charge on any atom is -0.298 e. The van der Waals surface area contributed by atoms with Crippen molar-refractivity contribution in [3.05, 3.63) is 76.6 Å². The lowest BCUT2D eigenvalue weighted by Crippen LogP contribution is -2.48. The molecule has 0 aromatic heterocycles. The van der Waals surface area contributed by atoms with Crippen molar-refractivity contribution in [1.29, 1.82) is 0 Å². The number of rotatable bonds is 3. The molecule has 128 valence electrons. The first-order valence-electron chi connectivity index (χ1n) is 7.04. The van der Waals surface area contributed by atoms with E-state index in [4.69, 9.17) is 23.8 Å². The summed E-state index contributed by atoms with van der Waals surface area (Å²) in [7, 11) is 0. The predicted molar refractivity (Wildman–Crippen MR) is 98.2 cm³/mol. The van der Waals surface area contributed by atoms with Gasteiger partial charge in [-0.25, -0.2) is 4.39 Å². The van der Waals surface area contributed by atoms with Crippen LogP contribution in [0.4, 0.5) is 4.39 Å². The molecule has 0 heterocycles. The second-order valence-corrected chi connectivity index (χ2v) is 5.64. The maximum absolute atomic E-state index is 12.8. The quantitative estimate of drug-likeness (QED) is 0.437. The van der Waals surface area contributed by atoms with Gasteiger partial charge in [0.05, 0.1) is 0 Å². The molecule has 0 atom stereocenters. The van der Waals surface area contributed by atoms with Gasteiger partial charge in [0.1, 0.15) is 5.82 Å². The van der Waals surface area contributed by atoms with Crippen molar-refractivity contribution in [2.45, 2.75) is 0 Å². The summed E-state index contributed by atoms with van der Waals surface area (Å²) < 4.78 is 12.8. The highest BCUT2D eigenvalue weighted by Crippen LogP contribution is 2.10. The van der Waals surface area contributed by atoms with Crippen molar-refractivity contribution in [2.75, 3.05) is 0 Å². The smallest absolute Gasteiger partial charge is 0.269 e. The summed E-state index contributed by atoms with van der Waals surface area (Å²) in [6.07, 6.45) is 2.74. The fourth-order valence-corrected chi connectivity index (χ4v) is 2.09. The van der Waals surface area contributed by atoms with Crippen LogP contribution in [0.3, 0.4) is 0 Å². The fraction of sp³-hybridized carbons (Fsp3) is 0. The van der Waals surface area contributed by atoms with Crippen molar-refractivity contribution in [1.82, 2.24) is 16.2 Å². The Morgan fingerprint density at radius 1 is 1.08 bits per heavy atom. The van der Waals surface area contributed by atoms with E-state index in [1.807, 2.05) is 0 Å². The SMILES string of the molecule is O=C(/C=C/c1ccc(F)cc1)NC(=S)NNC(=O)c1cccc(Cl)c1. The van der Waals surface area contributed by atoms with Crippen molar-refractivity contribution >= 4 is 46.8 Å². The number of hydrazine groups is 1. The van der Waals surface area contributed by atoms with Crippen LogP contribution in [0.15, 0.2) is 54.6 Å². The molecule has 0 unspecified atom stereocenters. The minimum absolute atomic E-state index is 0.0795. The highest BCUT2D eigenvalue weighted by molar-refractivity contribution is 7.80. The lowest BCUT2D eigenvalue weighted by Gasteiger charge is -2.09. The number of amides is 2. The Balaban J connectivity index is 1.80. The Hall–Kier alpha value is -2.77. The van der Waals surface area contributed by atoms with Crippen molar-refractivity contribution in [2.24, 2.45) is 0 Å². The summed E-state index contributed by atoms with van der Waals surface area (Å²) in [5.41, 5.74) is 5.75. The molecule has 0 saturated heterocycles. The van der Waals surface area contributed by atoms with Crippen LogP contribution in [-0.2, 0) is 4.79 Å². The second-order valence-electron chi connectivity index (χ2n) is 4.79. The van der Waals surface area contributed by atoms with Crippen LogP contribution in [0.5, 0.6) is 0 Å². The number of halogens is 2. The predicted octanol–water partition coefficient (Wildman–Crippen LogP) is 2.83. The topological polar surface area (TPSA) is 70.2 Å². The molecular formula is C17H13ClFN3O2S. The van der Waals surface area contributed by atoms with Crippen LogP contribution in [0.25, 0.3) is 6.08 Å². The summed E-state index contributed by atoms with van der Waals surface area (Å²) in [6, 6.07) is 12.0. The molecule has 5 nitrogen and oxygen atoms in total. The molecule has 0 radical (unpaired) electrons. The third-order valence-corrected chi connectivity index (χ3v) is 3.35. The summed E-state index contributed by atoms with van der Waals surface area (Å²) >= 11 is 10.7. The summed E-state index contributed by atoms with van der Waals surface area (Å²) in [6.45, 7) is 0. The van der Waals surface area contributed by atoms with E-state index in [2.05, 4.69) is 16.2 Å². The molecule has 3 N–H and O–H groups in total. The lowest BCUT2D eigenvalue weighted by molar-refractivity contribution is -0.115. The molecule has 0 bridgehead atoms. The number of nitrogens with one attached hydrogen (secondary N) is 3. The van der Waals surface area contributed by atoms with Gasteiger partial charge in [-0.05, 0) is 54.2 Å². The standard InChI is InChI=1S/C17H13ClFN3O2S/c18-13-3-1-2-12(10-13)16(24)21-22-17(25)20-15(23)9-6-11-4-7-14(19)8-5-11/h1-10H,(H,21,24)(H2,20,22,23,25)/b9-6+. The third kappa shape index (κ3) is 6.33. The zero-order valence-corrected chi connectivity index (χ0v) is 14.3. The monoisotopic (exact) mass is 377 g/mol. The summed E-state index contributed by atoms with van der Waals surface area (Å²) in [5.74, 6) is -1.32. The zero-order valence-electron chi connectivity index (χ0n) is 12.8. The first-order valence-corrected chi connectivity index (χ1v) is 7.83. The molecule has 0 aliphatic heterocycles. The van der Waals surface area contributed by atoms with Gasteiger partial charge in [0.2, 0.25) is 5.91 Å². The first-order chi connectivity index (χ1) is 11.9. The van der Waals surface area contributed by atoms with Gasteiger partial charge in [-0.3, -0.25) is 25.8 Å². The van der Waals surface area contributed by atoms with E-state index in [0.717, 1.165) is 0 Å². The van der Waals surface area contributed by atoms with E-state index < -0.39 is 11.8 Å². The highest BCUT2D eigenvalue weighted by atomic mass is 35.5. The van der Waals surface area contributed by atoms with E-state index in [0.29, 0.717) is 16.1 Å². The molecule has 2 aromatic carbocycles. The number of thiocarbonyl (C=S) groups is 1. The number of carbonyl (C=O) groups excluding carboxylic acids is 2. The Morgan fingerprint density at radius 3 is 2.48 bits per heavy atom. The van der Waals surface area contributed by atoms with Crippen molar-refractivity contribution < 1.29 is 14.0 Å². The average molecular weight is 378 g/mol. The van der Waals surface area contributed by atoms with Gasteiger partial charge in [0.25, 0.3) is 5.91 Å². The third-order valence-electron chi connectivity index (χ3n) is 2.91. The molecule has 2 aromatic rings. The van der Waals surface area contributed by atoms with E-state index in [1.54, 1.807) is 18.2 Å². The normalized spacial score (nSPS) is 10.3. The first kappa shape index (κ1) is 18.6. The van der Waals surface area contributed by atoms with E-state index in [9.17, 15) is 14.0 Å². The average Bonchev–Trinajstić information content (AvgIpc) is 2.59. The van der Waals surface area contributed by atoms with Gasteiger partial charge in [0, 0.05) is 16.7 Å². The van der Waals surface area contributed by atoms with Crippen molar-refractivity contribution in [3.63, 3.8) is 0 Å². The molecule has 0 fully saturated rings. The highest BCUT2D eigenvalue weighted by Gasteiger charge is 2.07. The molecule has 25 heavy (non-hydrogen) atoms. The Bertz CT molecular complexity index is 825. The van der Waals surface area contributed by atoms with E-state index >= 15 is 0 Å². The van der Waals surface area contributed by atoms with Crippen LogP contribution in [-0.4, -0.2) is 16.9 Å². The lowest BCUT2D eigenvalue weighted by atomic mass is 10.2. The van der Waals surface area contributed by atoms with Gasteiger partial charge >= 0.3 is 0 Å². The van der Waals surface area contributed by atoms with Gasteiger partial charge in [-0.15, -0.1) is 0 Å². The molecular weight excluding hydrogens is 365 g/mol. The van der Waals surface area contributed by atoms with Crippen LogP contribution in [0.2, 0.25) is 5.02 Å². The Morgan fingerprint density at radius 2 is 1.80 bits per heavy atom. The number of benzene rings is 2. The molecule has 0 spiro atoms. The molecule has 0 aliphatic carbocycles.